The average molecular weight is 298 g/mol. The molecule has 2 saturated heterocycles. The molecule has 3 N–H and O–H groups in total. The van der Waals surface area contributed by atoms with Crippen LogP contribution in [0.5, 0.6) is 0 Å². The van der Waals surface area contributed by atoms with Gasteiger partial charge in [0.15, 0.2) is 0 Å². The average Bonchev–Trinajstić information content (AvgIpc) is 2.55. The summed E-state index contributed by atoms with van der Waals surface area (Å²) in [5.74, 6) is 5.11. The first-order valence-electron chi connectivity index (χ1n) is 7.68. The van der Waals surface area contributed by atoms with E-state index in [0.717, 1.165) is 26.1 Å². The second kappa shape index (κ2) is 7.72. The third-order valence-corrected chi connectivity index (χ3v) is 4.56. The van der Waals surface area contributed by atoms with Crippen molar-refractivity contribution in [3.8, 4) is 0 Å². The Hall–Kier alpha value is -1.18. The zero-order valence-electron chi connectivity index (χ0n) is 12.7. The third-order valence-electron chi connectivity index (χ3n) is 4.56. The lowest BCUT2D eigenvalue weighted by Gasteiger charge is -2.35. The SMILES string of the molecule is CN(CC(=O)N1CCC(C(=O)NN)CC1)C1CCOCC1. The molecular formula is C14H26N4O3. The molecule has 2 heterocycles. The van der Waals surface area contributed by atoms with Gasteiger partial charge in [-0.2, -0.15) is 0 Å². The van der Waals surface area contributed by atoms with Crippen LogP contribution in [-0.4, -0.2) is 67.6 Å². The number of ether oxygens (including phenoxy) is 1. The Morgan fingerprint density at radius 3 is 2.43 bits per heavy atom. The number of likely N-dealkylation sites (N-methyl/N-ethyl adjacent to an activating group) is 1. The number of hydrogen-bond donors (Lipinski definition) is 2. The molecule has 2 aliphatic rings. The molecule has 0 aromatic carbocycles. The Balaban J connectivity index is 1.75. The van der Waals surface area contributed by atoms with E-state index in [9.17, 15) is 9.59 Å². The van der Waals surface area contributed by atoms with Crippen LogP contribution in [0, 0.1) is 5.92 Å². The maximum atomic E-state index is 12.3. The van der Waals surface area contributed by atoms with Crippen LogP contribution in [0.1, 0.15) is 25.7 Å². The van der Waals surface area contributed by atoms with Gasteiger partial charge in [-0.3, -0.25) is 19.9 Å². The van der Waals surface area contributed by atoms with E-state index in [1.54, 1.807) is 0 Å². The van der Waals surface area contributed by atoms with Crippen molar-refractivity contribution < 1.29 is 14.3 Å². The molecule has 2 aliphatic heterocycles. The van der Waals surface area contributed by atoms with Crippen molar-refractivity contribution in [2.45, 2.75) is 31.7 Å². The normalized spacial score (nSPS) is 21.6. The van der Waals surface area contributed by atoms with Gasteiger partial charge in [0.1, 0.15) is 0 Å². The van der Waals surface area contributed by atoms with E-state index in [4.69, 9.17) is 10.6 Å². The van der Waals surface area contributed by atoms with Crippen molar-refractivity contribution in [3.63, 3.8) is 0 Å². The first-order valence-corrected chi connectivity index (χ1v) is 7.68. The first kappa shape index (κ1) is 16.2. The fourth-order valence-electron chi connectivity index (χ4n) is 3.08. The number of hydrogen-bond acceptors (Lipinski definition) is 5. The van der Waals surface area contributed by atoms with Gasteiger partial charge < -0.3 is 9.64 Å². The highest BCUT2D eigenvalue weighted by atomic mass is 16.5. The minimum atomic E-state index is -0.124. The minimum absolute atomic E-state index is 0.0627. The van der Waals surface area contributed by atoms with Gasteiger partial charge in [0, 0.05) is 38.3 Å². The smallest absolute Gasteiger partial charge is 0.237 e. The van der Waals surface area contributed by atoms with Gasteiger partial charge in [-0.25, -0.2) is 5.84 Å². The summed E-state index contributed by atoms with van der Waals surface area (Å²) in [6.07, 6.45) is 3.36. The molecule has 2 fully saturated rings. The van der Waals surface area contributed by atoms with Crippen LogP contribution in [-0.2, 0) is 14.3 Å². The summed E-state index contributed by atoms with van der Waals surface area (Å²) in [7, 11) is 2.00. The van der Waals surface area contributed by atoms with E-state index >= 15 is 0 Å². The molecule has 0 unspecified atom stereocenters. The highest BCUT2D eigenvalue weighted by Gasteiger charge is 2.28. The van der Waals surface area contributed by atoms with Crippen LogP contribution >= 0.6 is 0 Å². The number of carbonyl (C=O) groups is 2. The van der Waals surface area contributed by atoms with E-state index in [0.29, 0.717) is 38.5 Å². The van der Waals surface area contributed by atoms with Crippen molar-refractivity contribution in [1.82, 2.24) is 15.2 Å². The summed E-state index contributed by atoms with van der Waals surface area (Å²) >= 11 is 0. The van der Waals surface area contributed by atoms with Gasteiger partial charge in [-0.15, -0.1) is 0 Å². The number of nitrogens with one attached hydrogen (secondary N) is 1. The predicted octanol–water partition coefficient (Wildman–Crippen LogP) is -0.674. The number of likely N-dealkylation sites (tertiary alicyclic amines) is 1. The van der Waals surface area contributed by atoms with E-state index < -0.39 is 0 Å². The van der Waals surface area contributed by atoms with Crippen LogP contribution < -0.4 is 11.3 Å². The molecule has 0 aliphatic carbocycles. The summed E-state index contributed by atoms with van der Waals surface area (Å²) in [4.78, 5) is 27.8. The number of piperidine rings is 1. The Kier molecular flexibility index (Phi) is 5.96. The van der Waals surface area contributed by atoms with Crippen molar-refractivity contribution >= 4 is 11.8 Å². The highest BCUT2D eigenvalue weighted by molar-refractivity contribution is 5.80. The molecule has 0 aromatic heterocycles. The van der Waals surface area contributed by atoms with Crippen molar-refractivity contribution in [2.75, 3.05) is 39.9 Å². The van der Waals surface area contributed by atoms with E-state index in [2.05, 4.69) is 10.3 Å². The fourth-order valence-corrected chi connectivity index (χ4v) is 3.08. The maximum absolute atomic E-state index is 12.3. The second-order valence-electron chi connectivity index (χ2n) is 5.92. The Labute approximate surface area is 125 Å². The maximum Gasteiger partial charge on any atom is 0.237 e. The van der Waals surface area contributed by atoms with Gasteiger partial charge in [-0.05, 0) is 32.7 Å². The summed E-state index contributed by atoms with van der Waals surface area (Å²) in [5.41, 5.74) is 2.19. The molecule has 120 valence electrons. The first-order chi connectivity index (χ1) is 10.1. The lowest BCUT2D eigenvalue weighted by Crippen LogP contribution is -2.48. The topological polar surface area (TPSA) is 87.9 Å². The molecule has 21 heavy (non-hydrogen) atoms. The zero-order chi connectivity index (χ0) is 15.2. The lowest BCUT2D eigenvalue weighted by atomic mass is 9.96. The number of nitrogens with zero attached hydrogens (tertiary/aromatic N) is 2. The number of carbonyl (C=O) groups excluding carboxylic acids is 2. The molecule has 7 heteroatoms. The summed E-state index contributed by atoms with van der Waals surface area (Å²) in [6.45, 7) is 3.28. The minimum Gasteiger partial charge on any atom is -0.381 e. The van der Waals surface area contributed by atoms with Crippen molar-refractivity contribution in [2.24, 2.45) is 11.8 Å². The number of amides is 2. The van der Waals surface area contributed by atoms with Crippen LogP contribution in [0.2, 0.25) is 0 Å². The van der Waals surface area contributed by atoms with E-state index in [1.165, 1.54) is 0 Å². The number of rotatable bonds is 4. The molecule has 2 rings (SSSR count). The van der Waals surface area contributed by atoms with Crippen LogP contribution in [0.3, 0.4) is 0 Å². The van der Waals surface area contributed by atoms with Gasteiger partial charge >= 0.3 is 0 Å². The van der Waals surface area contributed by atoms with Crippen molar-refractivity contribution in [1.29, 1.82) is 0 Å². The van der Waals surface area contributed by atoms with E-state index in [-0.39, 0.29) is 17.7 Å². The molecule has 0 saturated carbocycles. The van der Waals surface area contributed by atoms with Crippen LogP contribution in [0.15, 0.2) is 0 Å². The Morgan fingerprint density at radius 2 is 1.86 bits per heavy atom. The predicted molar refractivity (Wildman–Crippen MR) is 78.1 cm³/mol. The Morgan fingerprint density at radius 1 is 1.24 bits per heavy atom. The lowest BCUT2D eigenvalue weighted by molar-refractivity contribution is -0.137. The summed E-state index contributed by atoms with van der Waals surface area (Å²) in [5, 5.41) is 0. The van der Waals surface area contributed by atoms with Crippen molar-refractivity contribution in [3.05, 3.63) is 0 Å². The van der Waals surface area contributed by atoms with Crippen LogP contribution in [0.25, 0.3) is 0 Å². The molecule has 0 spiro atoms. The summed E-state index contributed by atoms with van der Waals surface area (Å²) in [6, 6.07) is 0.434. The second-order valence-corrected chi connectivity index (χ2v) is 5.92. The zero-order valence-corrected chi connectivity index (χ0v) is 12.7. The fraction of sp³-hybridized carbons (Fsp3) is 0.857. The molecule has 0 aromatic rings. The molecule has 2 amide bonds. The molecule has 0 radical (unpaired) electrons. The quantitative estimate of drug-likeness (QED) is 0.408. The van der Waals surface area contributed by atoms with Gasteiger partial charge in [0.25, 0.3) is 0 Å². The summed E-state index contributed by atoms with van der Waals surface area (Å²) < 4.78 is 5.35. The number of nitrogens with two attached hydrogens (primary N) is 1. The standard InChI is InChI=1S/C14H26N4O3/c1-17(12-4-8-21-9-5-12)10-13(19)18-6-2-11(3-7-18)14(20)16-15/h11-12H,2-10,15H2,1H3,(H,16,20). The molecular weight excluding hydrogens is 272 g/mol. The van der Waals surface area contributed by atoms with Gasteiger partial charge in [-0.1, -0.05) is 0 Å². The third kappa shape index (κ3) is 4.39. The molecule has 0 atom stereocenters. The van der Waals surface area contributed by atoms with Gasteiger partial charge in [0.2, 0.25) is 11.8 Å². The molecule has 7 nitrogen and oxygen atoms in total. The Bertz CT molecular complexity index is 363. The highest BCUT2D eigenvalue weighted by Crippen LogP contribution is 2.18. The monoisotopic (exact) mass is 298 g/mol. The van der Waals surface area contributed by atoms with Gasteiger partial charge in [0.05, 0.1) is 6.54 Å². The molecule has 0 bridgehead atoms. The number of hydrazine groups is 1. The largest absolute Gasteiger partial charge is 0.381 e. The van der Waals surface area contributed by atoms with Crippen LogP contribution in [0.4, 0.5) is 0 Å². The van der Waals surface area contributed by atoms with E-state index in [1.807, 2.05) is 11.9 Å².